The van der Waals surface area contributed by atoms with Gasteiger partial charge in [0.2, 0.25) is 5.82 Å². The molecule has 3 N–H and O–H groups in total. The SMILES string of the molecule is Cc1cc(NCc2ccc(NC(c3ccccc3)c3nn[nH]n3)cc2)n2nccc2n1. The number of aryl methyl sites for hydroxylation is 1. The Morgan fingerprint density at radius 1 is 1.03 bits per heavy atom. The second-order valence-electron chi connectivity index (χ2n) is 7.19. The molecule has 3 aromatic heterocycles. The number of hydrogen-bond donors (Lipinski definition) is 3. The van der Waals surface area contributed by atoms with E-state index in [1.54, 1.807) is 10.7 Å². The zero-order chi connectivity index (χ0) is 21.0. The van der Waals surface area contributed by atoms with Crippen LogP contribution < -0.4 is 10.6 Å². The molecule has 0 aliphatic rings. The Balaban J connectivity index is 1.31. The highest BCUT2D eigenvalue weighted by molar-refractivity contribution is 5.51. The van der Waals surface area contributed by atoms with Crippen LogP contribution in [0.25, 0.3) is 5.65 Å². The highest BCUT2D eigenvalue weighted by Crippen LogP contribution is 2.24. The quantitative estimate of drug-likeness (QED) is 0.377. The van der Waals surface area contributed by atoms with Crippen molar-refractivity contribution in [3.63, 3.8) is 0 Å². The summed E-state index contributed by atoms with van der Waals surface area (Å²) in [5, 5.41) is 25.8. The van der Waals surface area contributed by atoms with Gasteiger partial charge in [-0.05, 0) is 30.2 Å². The predicted octanol–water partition coefficient (Wildman–Crippen LogP) is 3.36. The Bertz CT molecular complexity index is 1260. The van der Waals surface area contributed by atoms with Crippen LogP contribution >= 0.6 is 0 Å². The molecular weight excluding hydrogens is 390 g/mol. The molecule has 0 aliphatic heterocycles. The zero-order valence-corrected chi connectivity index (χ0v) is 16.9. The minimum atomic E-state index is -0.197. The lowest BCUT2D eigenvalue weighted by Crippen LogP contribution is -2.14. The first-order chi connectivity index (χ1) is 15.3. The van der Waals surface area contributed by atoms with Crippen LogP contribution in [0.1, 0.15) is 28.7 Å². The Hall–Kier alpha value is -4.27. The highest BCUT2D eigenvalue weighted by atomic mass is 15.5. The number of aromatic nitrogens is 7. The summed E-state index contributed by atoms with van der Waals surface area (Å²) in [4.78, 5) is 4.47. The molecule has 0 radical (unpaired) electrons. The van der Waals surface area contributed by atoms with E-state index in [2.05, 4.69) is 53.5 Å². The van der Waals surface area contributed by atoms with Crippen molar-refractivity contribution in [3.05, 3.63) is 95.6 Å². The third-order valence-corrected chi connectivity index (χ3v) is 4.98. The summed E-state index contributed by atoms with van der Waals surface area (Å²) < 4.78 is 1.80. The molecule has 31 heavy (non-hydrogen) atoms. The molecule has 9 nitrogen and oxygen atoms in total. The van der Waals surface area contributed by atoms with Gasteiger partial charge in [-0.25, -0.2) is 4.98 Å². The Morgan fingerprint density at radius 3 is 2.65 bits per heavy atom. The minimum absolute atomic E-state index is 0.197. The molecule has 1 atom stereocenters. The van der Waals surface area contributed by atoms with E-state index in [0.29, 0.717) is 12.4 Å². The number of nitrogens with zero attached hydrogens (tertiary/aromatic N) is 6. The smallest absolute Gasteiger partial charge is 0.201 e. The molecule has 3 heterocycles. The Morgan fingerprint density at radius 2 is 1.87 bits per heavy atom. The van der Waals surface area contributed by atoms with Gasteiger partial charge in [0.05, 0.1) is 6.20 Å². The van der Waals surface area contributed by atoms with E-state index in [0.717, 1.165) is 34.0 Å². The number of benzene rings is 2. The van der Waals surface area contributed by atoms with Gasteiger partial charge < -0.3 is 10.6 Å². The second kappa shape index (κ2) is 8.23. The molecule has 9 heteroatoms. The van der Waals surface area contributed by atoms with E-state index in [-0.39, 0.29) is 6.04 Å². The molecule has 0 spiro atoms. The minimum Gasteiger partial charge on any atom is -0.371 e. The summed E-state index contributed by atoms with van der Waals surface area (Å²) >= 11 is 0. The maximum absolute atomic E-state index is 4.47. The van der Waals surface area contributed by atoms with Crippen LogP contribution in [0.15, 0.2) is 72.9 Å². The largest absolute Gasteiger partial charge is 0.371 e. The maximum atomic E-state index is 4.47. The normalized spacial score (nSPS) is 12.0. The van der Waals surface area contributed by atoms with E-state index < -0.39 is 0 Å². The van der Waals surface area contributed by atoms with Gasteiger partial charge in [0.15, 0.2) is 5.65 Å². The van der Waals surface area contributed by atoms with E-state index in [4.69, 9.17) is 0 Å². The lowest BCUT2D eigenvalue weighted by molar-refractivity contribution is 0.835. The molecule has 154 valence electrons. The van der Waals surface area contributed by atoms with Gasteiger partial charge in [-0.3, -0.25) is 0 Å². The van der Waals surface area contributed by atoms with Crippen molar-refractivity contribution in [1.29, 1.82) is 0 Å². The van der Waals surface area contributed by atoms with Gasteiger partial charge in [0, 0.05) is 30.1 Å². The monoisotopic (exact) mass is 411 g/mol. The summed E-state index contributed by atoms with van der Waals surface area (Å²) in [6, 6.07) is 22.0. The number of rotatable bonds is 7. The molecular formula is C22H21N9. The molecule has 0 bridgehead atoms. The van der Waals surface area contributed by atoms with Crippen molar-refractivity contribution < 1.29 is 0 Å². The molecule has 0 amide bonds. The summed E-state index contributed by atoms with van der Waals surface area (Å²) in [5.41, 5.74) is 4.96. The highest BCUT2D eigenvalue weighted by Gasteiger charge is 2.18. The topological polar surface area (TPSA) is 109 Å². The first kappa shape index (κ1) is 18.7. The van der Waals surface area contributed by atoms with Gasteiger partial charge in [0.1, 0.15) is 11.9 Å². The first-order valence-electron chi connectivity index (χ1n) is 9.95. The van der Waals surface area contributed by atoms with Crippen LogP contribution in [-0.4, -0.2) is 35.2 Å². The van der Waals surface area contributed by atoms with Gasteiger partial charge in [0.25, 0.3) is 0 Å². The Labute approximate surface area is 178 Å². The molecule has 0 saturated heterocycles. The van der Waals surface area contributed by atoms with Crippen molar-refractivity contribution in [3.8, 4) is 0 Å². The second-order valence-corrected chi connectivity index (χ2v) is 7.19. The van der Waals surface area contributed by atoms with Crippen LogP contribution in [0.2, 0.25) is 0 Å². The third-order valence-electron chi connectivity index (χ3n) is 4.98. The molecule has 2 aromatic carbocycles. The lowest BCUT2D eigenvalue weighted by Gasteiger charge is -2.17. The summed E-state index contributed by atoms with van der Waals surface area (Å²) in [7, 11) is 0. The average Bonchev–Trinajstić information content (AvgIpc) is 3.49. The molecule has 5 rings (SSSR count). The Kier molecular flexibility index (Phi) is 4.97. The fraction of sp³-hybridized carbons (Fsp3) is 0.136. The number of fused-ring (bicyclic) bond motifs is 1. The first-order valence-corrected chi connectivity index (χ1v) is 9.95. The van der Waals surface area contributed by atoms with Crippen molar-refractivity contribution in [2.24, 2.45) is 0 Å². The summed E-state index contributed by atoms with van der Waals surface area (Å²) in [6.45, 7) is 2.65. The van der Waals surface area contributed by atoms with E-state index >= 15 is 0 Å². The van der Waals surface area contributed by atoms with E-state index in [9.17, 15) is 0 Å². The van der Waals surface area contributed by atoms with Crippen molar-refractivity contribution in [2.75, 3.05) is 10.6 Å². The van der Waals surface area contributed by atoms with E-state index in [1.165, 1.54) is 0 Å². The van der Waals surface area contributed by atoms with Crippen molar-refractivity contribution in [1.82, 2.24) is 35.2 Å². The molecule has 0 fully saturated rings. The van der Waals surface area contributed by atoms with Crippen LogP contribution in [-0.2, 0) is 6.54 Å². The standard InChI is InChI=1S/C22H21N9/c1-15-13-20(31-19(25-15)11-12-24-31)23-14-16-7-9-18(10-8-16)26-21(22-27-29-30-28-22)17-5-3-2-4-6-17/h2-13,21,23,26H,14H2,1H3,(H,27,28,29,30). The molecule has 1 unspecified atom stereocenters. The van der Waals surface area contributed by atoms with Crippen LogP contribution in [0.5, 0.6) is 0 Å². The number of tetrazole rings is 1. The van der Waals surface area contributed by atoms with Crippen LogP contribution in [0.3, 0.4) is 0 Å². The number of aromatic amines is 1. The van der Waals surface area contributed by atoms with Crippen molar-refractivity contribution >= 4 is 17.2 Å². The lowest BCUT2D eigenvalue weighted by atomic mass is 10.1. The molecule has 5 aromatic rings. The van der Waals surface area contributed by atoms with Crippen LogP contribution in [0, 0.1) is 6.92 Å². The summed E-state index contributed by atoms with van der Waals surface area (Å²) in [5.74, 6) is 1.50. The average molecular weight is 411 g/mol. The number of H-pyrrole nitrogens is 1. The predicted molar refractivity (Wildman–Crippen MR) is 118 cm³/mol. The van der Waals surface area contributed by atoms with Gasteiger partial charge >= 0.3 is 0 Å². The molecule has 0 aliphatic carbocycles. The molecule has 0 saturated carbocycles. The van der Waals surface area contributed by atoms with Gasteiger partial charge in [-0.15, -0.1) is 10.2 Å². The van der Waals surface area contributed by atoms with Gasteiger partial charge in [-0.2, -0.15) is 14.8 Å². The zero-order valence-electron chi connectivity index (χ0n) is 16.9. The van der Waals surface area contributed by atoms with Crippen LogP contribution in [0.4, 0.5) is 11.5 Å². The number of nitrogens with one attached hydrogen (secondary N) is 3. The third kappa shape index (κ3) is 4.06. The summed E-state index contributed by atoms with van der Waals surface area (Å²) in [6.07, 6.45) is 1.75. The fourth-order valence-corrected chi connectivity index (χ4v) is 3.48. The maximum Gasteiger partial charge on any atom is 0.201 e. The fourth-order valence-electron chi connectivity index (χ4n) is 3.48. The van der Waals surface area contributed by atoms with E-state index in [1.807, 2.05) is 61.5 Å². The number of anilines is 2. The van der Waals surface area contributed by atoms with Gasteiger partial charge in [-0.1, -0.05) is 47.7 Å². The van der Waals surface area contributed by atoms with Crippen molar-refractivity contribution in [2.45, 2.75) is 19.5 Å². The number of hydrogen-bond acceptors (Lipinski definition) is 7.